The molecule has 0 saturated carbocycles. The number of aromatic nitrogens is 1. The summed E-state index contributed by atoms with van der Waals surface area (Å²) in [6.45, 7) is 1.94. The van der Waals surface area contributed by atoms with E-state index in [1.807, 2.05) is 42.5 Å². The fourth-order valence-electron chi connectivity index (χ4n) is 3.71. The van der Waals surface area contributed by atoms with Gasteiger partial charge in [-0.05, 0) is 37.1 Å². The lowest BCUT2D eigenvalue weighted by molar-refractivity contribution is 0.184. The first kappa shape index (κ1) is 21.0. The van der Waals surface area contributed by atoms with Gasteiger partial charge in [0.2, 0.25) is 0 Å². The van der Waals surface area contributed by atoms with Gasteiger partial charge in [0.05, 0.1) is 17.3 Å². The molecule has 0 radical (unpaired) electrons. The van der Waals surface area contributed by atoms with Crippen molar-refractivity contribution < 1.29 is 5.11 Å². The van der Waals surface area contributed by atoms with Gasteiger partial charge in [0.15, 0.2) is 0 Å². The van der Waals surface area contributed by atoms with Crippen molar-refractivity contribution in [2.75, 3.05) is 25.0 Å². The summed E-state index contributed by atoms with van der Waals surface area (Å²) in [5.74, 6) is 0. The van der Waals surface area contributed by atoms with E-state index in [2.05, 4.69) is 59.2 Å². The molecule has 0 fully saturated rings. The summed E-state index contributed by atoms with van der Waals surface area (Å²) in [4.78, 5) is 4.81. The lowest BCUT2D eigenvalue weighted by Crippen LogP contribution is -2.32. The zero-order chi connectivity index (χ0) is 21.3. The van der Waals surface area contributed by atoms with Gasteiger partial charge in [0.1, 0.15) is 0 Å². The number of rotatable bonds is 10. The molecule has 0 amide bonds. The molecule has 4 nitrogen and oxygen atoms in total. The van der Waals surface area contributed by atoms with Crippen molar-refractivity contribution in [3.63, 3.8) is 0 Å². The van der Waals surface area contributed by atoms with Crippen LogP contribution in [-0.4, -0.2) is 35.8 Å². The predicted octanol–water partition coefficient (Wildman–Crippen LogP) is 4.90. The maximum Gasteiger partial charge on any atom is 0.0836 e. The molecule has 0 aliphatic rings. The normalized spacial score (nSPS) is 12.0. The molecule has 1 unspecified atom stereocenters. The molecule has 1 aromatic heterocycles. The number of aliphatic hydroxyl groups is 1. The van der Waals surface area contributed by atoms with E-state index in [0.717, 1.165) is 47.2 Å². The monoisotopic (exact) mass is 411 g/mol. The first-order valence-electron chi connectivity index (χ1n) is 10.9. The van der Waals surface area contributed by atoms with Crippen LogP contribution in [0.1, 0.15) is 12.0 Å². The van der Waals surface area contributed by atoms with Gasteiger partial charge in [-0.1, -0.05) is 78.9 Å². The average Bonchev–Trinajstić information content (AvgIpc) is 2.83. The van der Waals surface area contributed by atoms with E-state index in [9.17, 15) is 5.11 Å². The van der Waals surface area contributed by atoms with Gasteiger partial charge in [0, 0.05) is 29.7 Å². The SMILES string of the molecule is OC(CNCCCc1ccccc1)CNc1cc(-c2ccccc2)nc2ccccc12. The fourth-order valence-corrected chi connectivity index (χ4v) is 3.71. The molecule has 158 valence electrons. The van der Waals surface area contributed by atoms with Gasteiger partial charge in [0.25, 0.3) is 0 Å². The van der Waals surface area contributed by atoms with Crippen LogP contribution < -0.4 is 10.6 Å². The van der Waals surface area contributed by atoms with Crippen molar-refractivity contribution in [3.8, 4) is 11.3 Å². The van der Waals surface area contributed by atoms with Crippen molar-refractivity contribution in [3.05, 3.63) is 96.6 Å². The van der Waals surface area contributed by atoms with Crippen LogP contribution >= 0.6 is 0 Å². The minimum Gasteiger partial charge on any atom is -0.390 e. The molecular formula is C27H29N3O. The molecule has 0 aliphatic carbocycles. The maximum atomic E-state index is 10.4. The Hall–Kier alpha value is -3.21. The van der Waals surface area contributed by atoms with Gasteiger partial charge in [-0.3, -0.25) is 0 Å². The summed E-state index contributed by atoms with van der Waals surface area (Å²) in [7, 11) is 0. The maximum absolute atomic E-state index is 10.4. The molecule has 31 heavy (non-hydrogen) atoms. The smallest absolute Gasteiger partial charge is 0.0836 e. The Balaban J connectivity index is 1.32. The molecule has 0 saturated heterocycles. The third kappa shape index (κ3) is 5.91. The molecule has 4 aromatic rings. The second kappa shape index (κ2) is 10.7. The van der Waals surface area contributed by atoms with Crippen molar-refractivity contribution in [2.24, 2.45) is 0 Å². The van der Waals surface area contributed by atoms with E-state index in [-0.39, 0.29) is 0 Å². The zero-order valence-electron chi connectivity index (χ0n) is 17.7. The summed E-state index contributed by atoms with van der Waals surface area (Å²) in [6.07, 6.45) is 1.64. The topological polar surface area (TPSA) is 57.2 Å². The summed E-state index contributed by atoms with van der Waals surface area (Å²) in [5.41, 5.74) is 5.30. The third-order valence-corrected chi connectivity index (χ3v) is 5.36. The van der Waals surface area contributed by atoms with Crippen LogP contribution in [0.4, 0.5) is 5.69 Å². The third-order valence-electron chi connectivity index (χ3n) is 5.36. The van der Waals surface area contributed by atoms with Crippen LogP contribution in [0.15, 0.2) is 91.0 Å². The van der Waals surface area contributed by atoms with Crippen molar-refractivity contribution in [2.45, 2.75) is 18.9 Å². The zero-order valence-corrected chi connectivity index (χ0v) is 17.7. The molecule has 1 heterocycles. The van der Waals surface area contributed by atoms with E-state index < -0.39 is 6.10 Å². The average molecular weight is 412 g/mol. The molecule has 4 heteroatoms. The van der Waals surface area contributed by atoms with Crippen LogP contribution in [0.2, 0.25) is 0 Å². The summed E-state index contributed by atoms with van der Waals surface area (Å²) in [6, 6.07) is 30.8. The highest BCUT2D eigenvalue weighted by Crippen LogP contribution is 2.28. The molecule has 3 N–H and O–H groups in total. The van der Waals surface area contributed by atoms with E-state index in [4.69, 9.17) is 4.98 Å². The Morgan fingerprint density at radius 1 is 0.806 bits per heavy atom. The minimum atomic E-state index is -0.469. The number of aryl methyl sites for hydroxylation is 1. The van der Waals surface area contributed by atoms with Crippen LogP contribution in [0.3, 0.4) is 0 Å². The molecule has 0 spiro atoms. The molecular weight excluding hydrogens is 382 g/mol. The number of pyridine rings is 1. The second-order valence-corrected chi connectivity index (χ2v) is 7.77. The van der Waals surface area contributed by atoms with E-state index in [1.54, 1.807) is 0 Å². The summed E-state index contributed by atoms with van der Waals surface area (Å²) < 4.78 is 0. The van der Waals surface area contributed by atoms with Crippen LogP contribution in [0.5, 0.6) is 0 Å². The van der Waals surface area contributed by atoms with E-state index in [1.165, 1.54) is 5.56 Å². The quantitative estimate of drug-likeness (QED) is 0.325. The van der Waals surface area contributed by atoms with E-state index in [0.29, 0.717) is 13.1 Å². The number of benzene rings is 3. The Morgan fingerprint density at radius 3 is 2.32 bits per heavy atom. The van der Waals surface area contributed by atoms with Crippen LogP contribution in [0.25, 0.3) is 22.2 Å². The molecule has 3 aromatic carbocycles. The van der Waals surface area contributed by atoms with Crippen molar-refractivity contribution in [1.82, 2.24) is 10.3 Å². The highest BCUT2D eigenvalue weighted by molar-refractivity contribution is 5.93. The predicted molar refractivity (Wildman–Crippen MR) is 129 cm³/mol. The first-order valence-corrected chi connectivity index (χ1v) is 10.9. The Kier molecular flexibility index (Phi) is 7.27. The number of para-hydroxylation sites is 1. The summed E-state index contributed by atoms with van der Waals surface area (Å²) in [5, 5.41) is 18.3. The van der Waals surface area contributed by atoms with Gasteiger partial charge in [-0.15, -0.1) is 0 Å². The molecule has 0 bridgehead atoms. The number of nitrogens with zero attached hydrogens (tertiary/aromatic N) is 1. The molecule has 4 rings (SSSR count). The fraction of sp³-hybridized carbons (Fsp3) is 0.222. The number of aliphatic hydroxyl groups excluding tert-OH is 1. The number of nitrogens with one attached hydrogen (secondary N) is 2. The van der Waals surface area contributed by atoms with Crippen molar-refractivity contribution >= 4 is 16.6 Å². The number of fused-ring (bicyclic) bond motifs is 1. The number of hydrogen-bond donors (Lipinski definition) is 3. The largest absolute Gasteiger partial charge is 0.390 e. The summed E-state index contributed by atoms with van der Waals surface area (Å²) >= 11 is 0. The number of anilines is 1. The lowest BCUT2D eigenvalue weighted by Gasteiger charge is -2.16. The van der Waals surface area contributed by atoms with Gasteiger partial charge in [-0.25, -0.2) is 4.98 Å². The van der Waals surface area contributed by atoms with Crippen molar-refractivity contribution in [1.29, 1.82) is 0 Å². The highest BCUT2D eigenvalue weighted by Gasteiger charge is 2.09. The Labute approximate surface area is 184 Å². The second-order valence-electron chi connectivity index (χ2n) is 7.77. The molecule has 0 aliphatic heterocycles. The van der Waals surface area contributed by atoms with Gasteiger partial charge in [-0.2, -0.15) is 0 Å². The highest BCUT2D eigenvalue weighted by atomic mass is 16.3. The minimum absolute atomic E-state index is 0.469. The first-order chi connectivity index (χ1) is 15.3. The Morgan fingerprint density at radius 2 is 1.52 bits per heavy atom. The Bertz CT molecular complexity index is 1080. The van der Waals surface area contributed by atoms with Gasteiger partial charge < -0.3 is 15.7 Å². The molecule has 1 atom stereocenters. The van der Waals surface area contributed by atoms with Crippen LogP contribution in [0, 0.1) is 0 Å². The lowest BCUT2D eigenvalue weighted by atomic mass is 10.1. The van der Waals surface area contributed by atoms with Gasteiger partial charge >= 0.3 is 0 Å². The standard InChI is InChI=1S/C27H29N3O/c31-23(19-28-17-9-12-21-10-3-1-4-11-21)20-29-27-18-26(22-13-5-2-6-14-22)30-25-16-8-7-15-24(25)27/h1-8,10-11,13-16,18,23,28,31H,9,12,17,19-20H2,(H,29,30). The number of hydrogen-bond acceptors (Lipinski definition) is 4. The van der Waals surface area contributed by atoms with E-state index >= 15 is 0 Å². The van der Waals surface area contributed by atoms with Crippen LogP contribution in [-0.2, 0) is 6.42 Å².